The van der Waals surface area contributed by atoms with Gasteiger partial charge in [-0.15, -0.1) is 0 Å². The Bertz CT molecular complexity index is 385. The van der Waals surface area contributed by atoms with Crippen LogP contribution in [0, 0.1) is 0 Å². The van der Waals surface area contributed by atoms with Gasteiger partial charge in [0.15, 0.2) is 0 Å². The van der Waals surface area contributed by atoms with E-state index in [0.29, 0.717) is 6.54 Å². The highest BCUT2D eigenvalue weighted by Crippen LogP contribution is 2.19. The van der Waals surface area contributed by atoms with Gasteiger partial charge >= 0.3 is 0 Å². The Labute approximate surface area is 116 Å². The molecule has 0 bridgehead atoms. The molecule has 0 radical (unpaired) electrons. The molecular formula is C14H24ClN3. The van der Waals surface area contributed by atoms with Gasteiger partial charge in [0.1, 0.15) is 5.82 Å². The fourth-order valence-corrected chi connectivity index (χ4v) is 1.78. The van der Waals surface area contributed by atoms with Gasteiger partial charge in [0.05, 0.1) is 10.7 Å². The molecule has 0 fully saturated rings. The summed E-state index contributed by atoms with van der Waals surface area (Å²) in [6, 6.07) is 3.90. The fourth-order valence-electron chi connectivity index (χ4n) is 1.61. The third kappa shape index (κ3) is 4.83. The van der Waals surface area contributed by atoms with Crippen LogP contribution >= 0.6 is 11.6 Å². The van der Waals surface area contributed by atoms with Crippen LogP contribution in [0.4, 0.5) is 5.82 Å². The number of hydrogen-bond acceptors (Lipinski definition) is 3. The Morgan fingerprint density at radius 3 is 2.56 bits per heavy atom. The number of nitrogens with one attached hydrogen (secondary N) is 1. The molecule has 1 heterocycles. The number of pyridine rings is 1. The normalized spacial score (nSPS) is 11.7. The van der Waals surface area contributed by atoms with Gasteiger partial charge in [0.2, 0.25) is 0 Å². The predicted octanol–water partition coefficient (Wildman–Crippen LogP) is 3.47. The van der Waals surface area contributed by atoms with E-state index in [1.54, 1.807) is 0 Å². The Kier molecular flexibility index (Phi) is 5.42. The summed E-state index contributed by atoms with van der Waals surface area (Å²) in [6.07, 6.45) is 1.11. The quantitative estimate of drug-likeness (QED) is 0.887. The first-order valence-electron chi connectivity index (χ1n) is 6.45. The zero-order chi connectivity index (χ0) is 13.8. The average Bonchev–Trinajstić information content (AvgIpc) is 2.27. The SMILES string of the molecule is CCCN(C)c1ccc(Cl)c(CNC(C)(C)C)n1. The van der Waals surface area contributed by atoms with Gasteiger partial charge in [-0.1, -0.05) is 18.5 Å². The predicted molar refractivity (Wildman–Crippen MR) is 79.4 cm³/mol. The lowest BCUT2D eigenvalue weighted by molar-refractivity contribution is 0.421. The van der Waals surface area contributed by atoms with E-state index in [2.05, 4.69) is 49.9 Å². The molecule has 1 rings (SSSR count). The summed E-state index contributed by atoms with van der Waals surface area (Å²) in [4.78, 5) is 6.78. The zero-order valence-corrected chi connectivity index (χ0v) is 12.8. The minimum atomic E-state index is 0.0658. The molecule has 4 heteroatoms. The molecule has 0 aromatic carbocycles. The van der Waals surface area contributed by atoms with Crippen molar-refractivity contribution < 1.29 is 0 Å². The number of aromatic nitrogens is 1. The van der Waals surface area contributed by atoms with Crippen molar-refractivity contribution in [1.82, 2.24) is 10.3 Å². The minimum Gasteiger partial charge on any atom is -0.360 e. The molecule has 102 valence electrons. The highest BCUT2D eigenvalue weighted by Gasteiger charge is 2.12. The van der Waals surface area contributed by atoms with Gasteiger partial charge in [-0.25, -0.2) is 4.98 Å². The average molecular weight is 270 g/mol. The van der Waals surface area contributed by atoms with Crippen LogP contribution in [0.5, 0.6) is 0 Å². The van der Waals surface area contributed by atoms with Crippen molar-refractivity contribution in [3.63, 3.8) is 0 Å². The van der Waals surface area contributed by atoms with Gasteiger partial charge in [-0.05, 0) is 39.3 Å². The van der Waals surface area contributed by atoms with Crippen LogP contribution in [-0.2, 0) is 6.54 Å². The van der Waals surface area contributed by atoms with E-state index in [9.17, 15) is 0 Å². The first kappa shape index (κ1) is 15.3. The molecular weight excluding hydrogens is 246 g/mol. The van der Waals surface area contributed by atoms with E-state index in [0.717, 1.165) is 29.5 Å². The van der Waals surface area contributed by atoms with E-state index in [-0.39, 0.29) is 5.54 Å². The third-order valence-electron chi connectivity index (χ3n) is 2.64. The van der Waals surface area contributed by atoms with Crippen LogP contribution in [0.25, 0.3) is 0 Å². The van der Waals surface area contributed by atoms with Gasteiger partial charge < -0.3 is 10.2 Å². The van der Waals surface area contributed by atoms with Gasteiger partial charge in [-0.3, -0.25) is 0 Å². The van der Waals surface area contributed by atoms with Gasteiger partial charge in [-0.2, -0.15) is 0 Å². The number of rotatable bonds is 5. The highest BCUT2D eigenvalue weighted by molar-refractivity contribution is 6.31. The lowest BCUT2D eigenvalue weighted by Gasteiger charge is -2.22. The van der Waals surface area contributed by atoms with E-state index in [4.69, 9.17) is 11.6 Å². The second-order valence-corrected chi connectivity index (χ2v) is 6.03. The third-order valence-corrected chi connectivity index (χ3v) is 2.98. The molecule has 0 saturated heterocycles. The summed E-state index contributed by atoms with van der Waals surface area (Å²) in [5, 5.41) is 4.13. The molecule has 0 amide bonds. The van der Waals surface area contributed by atoms with Crippen molar-refractivity contribution in [2.45, 2.75) is 46.2 Å². The van der Waals surface area contributed by atoms with E-state index >= 15 is 0 Å². The molecule has 1 aromatic heterocycles. The van der Waals surface area contributed by atoms with E-state index < -0.39 is 0 Å². The fraction of sp³-hybridized carbons (Fsp3) is 0.643. The molecule has 1 N–H and O–H groups in total. The smallest absolute Gasteiger partial charge is 0.128 e. The largest absolute Gasteiger partial charge is 0.360 e. The van der Waals surface area contributed by atoms with E-state index in [1.807, 2.05) is 12.1 Å². The molecule has 0 aliphatic carbocycles. The van der Waals surface area contributed by atoms with Crippen LogP contribution in [0.3, 0.4) is 0 Å². The van der Waals surface area contributed by atoms with E-state index in [1.165, 1.54) is 0 Å². The van der Waals surface area contributed by atoms with Crippen molar-refractivity contribution >= 4 is 17.4 Å². The maximum atomic E-state index is 6.19. The van der Waals surface area contributed by atoms with Crippen LogP contribution in [0.2, 0.25) is 5.02 Å². The molecule has 0 saturated carbocycles. The van der Waals surface area contributed by atoms with Crippen LogP contribution < -0.4 is 10.2 Å². The van der Waals surface area contributed by atoms with Crippen LogP contribution in [0.15, 0.2) is 12.1 Å². The Morgan fingerprint density at radius 1 is 1.33 bits per heavy atom. The summed E-state index contributed by atoms with van der Waals surface area (Å²) in [7, 11) is 2.06. The lowest BCUT2D eigenvalue weighted by Crippen LogP contribution is -2.35. The molecule has 0 unspecified atom stereocenters. The molecule has 1 aromatic rings. The second-order valence-electron chi connectivity index (χ2n) is 5.62. The van der Waals surface area contributed by atoms with Crippen molar-refractivity contribution in [1.29, 1.82) is 0 Å². The standard InChI is InChI=1S/C14H24ClN3/c1-6-9-18(5)13-8-7-11(15)12(17-13)10-16-14(2,3)4/h7-8,16H,6,9-10H2,1-5H3. The van der Waals surface area contributed by atoms with Crippen LogP contribution in [-0.4, -0.2) is 24.1 Å². The zero-order valence-electron chi connectivity index (χ0n) is 12.0. The Balaban J connectivity index is 2.81. The number of anilines is 1. The molecule has 18 heavy (non-hydrogen) atoms. The van der Waals surface area contributed by atoms with Crippen molar-refractivity contribution in [3.8, 4) is 0 Å². The summed E-state index contributed by atoms with van der Waals surface area (Å²) in [5.41, 5.74) is 0.975. The number of halogens is 1. The molecule has 0 aliphatic heterocycles. The summed E-state index contributed by atoms with van der Waals surface area (Å²) < 4.78 is 0. The Hall–Kier alpha value is -0.800. The summed E-state index contributed by atoms with van der Waals surface area (Å²) in [6.45, 7) is 10.3. The molecule has 0 aliphatic rings. The summed E-state index contributed by atoms with van der Waals surface area (Å²) in [5.74, 6) is 0.979. The maximum absolute atomic E-state index is 6.19. The maximum Gasteiger partial charge on any atom is 0.128 e. The topological polar surface area (TPSA) is 28.2 Å². The van der Waals surface area contributed by atoms with Crippen molar-refractivity contribution in [2.75, 3.05) is 18.5 Å². The van der Waals surface area contributed by atoms with Crippen molar-refractivity contribution in [2.24, 2.45) is 0 Å². The molecule has 0 atom stereocenters. The number of hydrogen-bond donors (Lipinski definition) is 1. The number of nitrogens with zero attached hydrogens (tertiary/aromatic N) is 2. The monoisotopic (exact) mass is 269 g/mol. The minimum absolute atomic E-state index is 0.0658. The molecule has 0 spiro atoms. The van der Waals surface area contributed by atoms with Crippen LogP contribution in [0.1, 0.15) is 39.8 Å². The van der Waals surface area contributed by atoms with Gasteiger partial charge in [0.25, 0.3) is 0 Å². The highest BCUT2D eigenvalue weighted by atomic mass is 35.5. The van der Waals surface area contributed by atoms with Gasteiger partial charge in [0, 0.05) is 25.7 Å². The first-order chi connectivity index (χ1) is 8.33. The lowest BCUT2D eigenvalue weighted by atomic mass is 10.1. The first-order valence-corrected chi connectivity index (χ1v) is 6.83. The summed E-state index contributed by atoms with van der Waals surface area (Å²) >= 11 is 6.19. The second kappa shape index (κ2) is 6.39. The molecule has 3 nitrogen and oxygen atoms in total. The Morgan fingerprint density at radius 2 is 2.00 bits per heavy atom. The van der Waals surface area contributed by atoms with Crippen molar-refractivity contribution in [3.05, 3.63) is 22.8 Å².